The minimum absolute atomic E-state index is 0.0995. The van der Waals surface area contributed by atoms with Crippen LogP contribution in [-0.4, -0.2) is 62.9 Å². The zero-order valence-electron chi connectivity index (χ0n) is 13.0. The molecule has 2 aliphatic rings. The molecule has 3 unspecified atom stereocenters. The van der Waals surface area contributed by atoms with Gasteiger partial charge in [-0.1, -0.05) is 6.42 Å². The van der Waals surface area contributed by atoms with Gasteiger partial charge in [-0.15, -0.1) is 0 Å². The Bertz CT molecular complexity index is 337. The summed E-state index contributed by atoms with van der Waals surface area (Å²) < 4.78 is 10.5. The maximum atomic E-state index is 12.2. The van der Waals surface area contributed by atoms with Crippen molar-refractivity contribution >= 4 is 5.97 Å². The zero-order valence-corrected chi connectivity index (χ0v) is 13.0. The first-order chi connectivity index (χ1) is 9.64. The third-order valence-electron chi connectivity index (χ3n) is 5.09. The van der Waals surface area contributed by atoms with E-state index in [4.69, 9.17) is 9.47 Å². The monoisotopic (exact) mass is 284 g/mol. The average Bonchev–Trinajstić information content (AvgIpc) is 2.89. The second-order valence-corrected chi connectivity index (χ2v) is 6.05. The molecule has 1 aliphatic heterocycles. The lowest BCUT2D eigenvalue weighted by atomic mass is 9.84. The summed E-state index contributed by atoms with van der Waals surface area (Å²) in [6, 6.07) is 0.479. The molecule has 5 heteroatoms. The fourth-order valence-corrected chi connectivity index (χ4v) is 3.77. The number of nitrogens with zero attached hydrogens (tertiary/aromatic N) is 1. The number of morpholine rings is 1. The van der Waals surface area contributed by atoms with Crippen molar-refractivity contribution in [2.24, 2.45) is 5.92 Å². The molecule has 0 bridgehead atoms. The van der Waals surface area contributed by atoms with Crippen LogP contribution in [0.3, 0.4) is 0 Å². The van der Waals surface area contributed by atoms with Crippen LogP contribution in [0.5, 0.6) is 0 Å². The summed E-state index contributed by atoms with van der Waals surface area (Å²) in [6.45, 7) is 5.88. The third-order valence-corrected chi connectivity index (χ3v) is 5.09. The largest absolute Gasteiger partial charge is 0.468 e. The molecule has 2 fully saturated rings. The van der Waals surface area contributed by atoms with Crippen LogP contribution in [0, 0.1) is 5.92 Å². The third kappa shape index (κ3) is 3.00. The Morgan fingerprint density at radius 2 is 2.35 bits per heavy atom. The second kappa shape index (κ2) is 6.87. The minimum Gasteiger partial charge on any atom is -0.468 e. The van der Waals surface area contributed by atoms with Crippen LogP contribution in [0.4, 0.5) is 0 Å². The smallest absolute Gasteiger partial charge is 0.326 e. The molecule has 1 saturated carbocycles. The van der Waals surface area contributed by atoms with Gasteiger partial charge in [-0.2, -0.15) is 0 Å². The minimum atomic E-state index is -0.468. The quantitative estimate of drug-likeness (QED) is 0.764. The standard InChI is InChI=1S/C15H28N2O3/c1-12-11-20-10-9-17(12)8-6-13-5-4-7-15(13,16-2)14(18)19-3/h12-13,16H,4-11H2,1-3H3. The van der Waals surface area contributed by atoms with Crippen molar-refractivity contribution in [1.82, 2.24) is 10.2 Å². The number of carbonyl (C=O) groups excluding carboxylic acids is 1. The number of likely N-dealkylation sites (N-methyl/N-ethyl adjacent to an activating group) is 1. The SMILES string of the molecule is CNC1(C(=O)OC)CCCC1CCN1CCOCC1C. The Morgan fingerprint density at radius 1 is 1.55 bits per heavy atom. The average molecular weight is 284 g/mol. The van der Waals surface area contributed by atoms with Gasteiger partial charge in [0.1, 0.15) is 5.54 Å². The first-order valence-corrected chi connectivity index (χ1v) is 7.73. The molecule has 2 rings (SSSR count). The van der Waals surface area contributed by atoms with E-state index in [1.807, 2.05) is 7.05 Å². The maximum absolute atomic E-state index is 12.2. The van der Waals surface area contributed by atoms with Crippen molar-refractivity contribution < 1.29 is 14.3 Å². The lowest BCUT2D eigenvalue weighted by Crippen LogP contribution is -2.54. The predicted octanol–water partition coefficient (Wildman–Crippen LogP) is 1.03. The number of hydrogen-bond donors (Lipinski definition) is 1. The van der Waals surface area contributed by atoms with Crippen LogP contribution < -0.4 is 5.32 Å². The molecular weight excluding hydrogens is 256 g/mol. The van der Waals surface area contributed by atoms with Crippen LogP contribution in [0.25, 0.3) is 0 Å². The number of esters is 1. The van der Waals surface area contributed by atoms with Crippen molar-refractivity contribution in [3.05, 3.63) is 0 Å². The molecule has 20 heavy (non-hydrogen) atoms. The van der Waals surface area contributed by atoms with Gasteiger partial charge in [0.25, 0.3) is 0 Å². The van der Waals surface area contributed by atoms with E-state index in [0.717, 1.165) is 52.0 Å². The van der Waals surface area contributed by atoms with Gasteiger partial charge in [-0.25, -0.2) is 0 Å². The Balaban J connectivity index is 1.95. The fourth-order valence-electron chi connectivity index (χ4n) is 3.77. The van der Waals surface area contributed by atoms with Crippen LogP contribution in [0.2, 0.25) is 0 Å². The second-order valence-electron chi connectivity index (χ2n) is 6.05. The highest BCUT2D eigenvalue weighted by Crippen LogP contribution is 2.38. The van der Waals surface area contributed by atoms with Crippen molar-refractivity contribution in [3.8, 4) is 0 Å². The van der Waals surface area contributed by atoms with Crippen molar-refractivity contribution in [1.29, 1.82) is 0 Å². The first kappa shape index (κ1) is 15.7. The molecule has 3 atom stereocenters. The molecule has 0 spiro atoms. The fraction of sp³-hybridized carbons (Fsp3) is 0.933. The lowest BCUT2D eigenvalue weighted by Gasteiger charge is -2.37. The Hall–Kier alpha value is -0.650. The molecule has 0 radical (unpaired) electrons. The molecule has 0 amide bonds. The summed E-state index contributed by atoms with van der Waals surface area (Å²) in [5.41, 5.74) is -0.468. The molecule has 0 aromatic rings. The molecule has 1 aliphatic carbocycles. The van der Waals surface area contributed by atoms with E-state index in [1.54, 1.807) is 0 Å². The molecular formula is C15H28N2O3. The Labute approximate surface area is 122 Å². The van der Waals surface area contributed by atoms with Gasteiger partial charge in [0.15, 0.2) is 0 Å². The van der Waals surface area contributed by atoms with Crippen molar-refractivity contribution in [3.63, 3.8) is 0 Å². The van der Waals surface area contributed by atoms with Crippen molar-refractivity contribution in [2.45, 2.75) is 44.2 Å². The van der Waals surface area contributed by atoms with Gasteiger partial charge in [-0.05, 0) is 45.7 Å². The zero-order chi connectivity index (χ0) is 14.6. The van der Waals surface area contributed by atoms with Gasteiger partial charge >= 0.3 is 5.97 Å². The molecule has 0 aromatic carbocycles. The van der Waals surface area contributed by atoms with E-state index in [9.17, 15) is 4.79 Å². The Morgan fingerprint density at radius 3 is 3.00 bits per heavy atom. The predicted molar refractivity (Wildman–Crippen MR) is 77.6 cm³/mol. The van der Waals surface area contributed by atoms with Crippen LogP contribution in [0.15, 0.2) is 0 Å². The summed E-state index contributed by atoms with van der Waals surface area (Å²) in [5.74, 6) is 0.271. The van der Waals surface area contributed by atoms with E-state index >= 15 is 0 Å². The summed E-state index contributed by atoms with van der Waals surface area (Å²) in [5, 5.41) is 3.26. The molecule has 5 nitrogen and oxygen atoms in total. The highest BCUT2D eigenvalue weighted by Gasteiger charge is 2.48. The summed E-state index contributed by atoms with van der Waals surface area (Å²) in [7, 11) is 3.37. The number of rotatable bonds is 5. The van der Waals surface area contributed by atoms with E-state index in [2.05, 4.69) is 17.1 Å². The summed E-state index contributed by atoms with van der Waals surface area (Å²) in [4.78, 5) is 14.6. The van der Waals surface area contributed by atoms with Crippen LogP contribution >= 0.6 is 0 Å². The lowest BCUT2D eigenvalue weighted by molar-refractivity contribution is -0.150. The van der Waals surface area contributed by atoms with Gasteiger partial charge in [0.05, 0.1) is 20.3 Å². The van der Waals surface area contributed by atoms with Crippen LogP contribution in [0.1, 0.15) is 32.6 Å². The highest BCUT2D eigenvalue weighted by atomic mass is 16.5. The number of ether oxygens (including phenoxy) is 2. The number of carbonyl (C=O) groups is 1. The molecule has 116 valence electrons. The van der Waals surface area contributed by atoms with E-state index in [1.165, 1.54) is 7.11 Å². The number of nitrogens with one attached hydrogen (secondary N) is 1. The number of hydrogen-bond acceptors (Lipinski definition) is 5. The normalized spacial score (nSPS) is 35.1. The van der Waals surface area contributed by atoms with E-state index in [0.29, 0.717) is 12.0 Å². The van der Waals surface area contributed by atoms with Gasteiger partial charge < -0.3 is 14.8 Å². The van der Waals surface area contributed by atoms with Gasteiger partial charge in [0, 0.05) is 12.6 Å². The number of methoxy groups -OCH3 is 1. The Kier molecular flexibility index (Phi) is 5.41. The highest BCUT2D eigenvalue weighted by molar-refractivity contribution is 5.81. The van der Waals surface area contributed by atoms with E-state index in [-0.39, 0.29) is 5.97 Å². The molecule has 1 N–H and O–H groups in total. The molecule has 1 saturated heterocycles. The topological polar surface area (TPSA) is 50.8 Å². The summed E-state index contributed by atoms with van der Waals surface area (Å²) >= 11 is 0. The molecule has 1 heterocycles. The van der Waals surface area contributed by atoms with E-state index < -0.39 is 5.54 Å². The van der Waals surface area contributed by atoms with Crippen LogP contribution in [-0.2, 0) is 14.3 Å². The van der Waals surface area contributed by atoms with Crippen molar-refractivity contribution in [2.75, 3.05) is 40.5 Å². The summed E-state index contributed by atoms with van der Waals surface area (Å²) in [6.07, 6.45) is 4.13. The van der Waals surface area contributed by atoms with Gasteiger partial charge in [0.2, 0.25) is 0 Å². The van der Waals surface area contributed by atoms with Gasteiger partial charge in [-0.3, -0.25) is 9.69 Å². The first-order valence-electron chi connectivity index (χ1n) is 7.73. The maximum Gasteiger partial charge on any atom is 0.326 e. The molecule has 0 aromatic heterocycles.